The lowest BCUT2D eigenvalue weighted by Gasteiger charge is -2.37. The normalized spacial score (nSPS) is 18.7. The Hall–Kier alpha value is -1.84. The van der Waals surface area contributed by atoms with Crippen LogP contribution in [0.15, 0.2) is 24.3 Å². The van der Waals surface area contributed by atoms with Crippen LogP contribution in [0, 0.1) is 0 Å². The molecule has 0 aliphatic carbocycles. The number of anilines is 2. The predicted octanol–water partition coefficient (Wildman–Crippen LogP) is 2.98. The van der Waals surface area contributed by atoms with Crippen molar-refractivity contribution in [2.75, 3.05) is 16.8 Å². The molecule has 0 spiro atoms. The van der Waals surface area contributed by atoms with E-state index in [1.54, 1.807) is 6.92 Å². The fourth-order valence-electron chi connectivity index (χ4n) is 2.82. The summed E-state index contributed by atoms with van der Waals surface area (Å²) < 4.78 is 0. The summed E-state index contributed by atoms with van der Waals surface area (Å²) in [7, 11) is 0. The molecular formula is C16H22N2O2. The number of nitrogens with one attached hydrogen (secondary N) is 1. The van der Waals surface area contributed by atoms with Gasteiger partial charge in [-0.25, -0.2) is 0 Å². The molecule has 1 fully saturated rings. The number of amides is 1. The van der Waals surface area contributed by atoms with Crippen LogP contribution in [0.1, 0.15) is 39.5 Å². The zero-order valence-electron chi connectivity index (χ0n) is 12.2. The van der Waals surface area contributed by atoms with E-state index in [2.05, 4.69) is 10.2 Å². The fourth-order valence-corrected chi connectivity index (χ4v) is 2.82. The predicted molar refractivity (Wildman–Crippen MR) is 81.0 cm³/mol. The molecule has 4 heteroatoms. The molecule has 20 heavy (non-hydrogen) atoms. The minimum Gasteiger partial charge on any atom is -0.368 e. The maximum absolute atomic E-state index is 11.4. The number of hydrogen-bond donors (Lipinski definition) is 1. The Morgan fingerprint density at radius 1 is 1.20 bits per heavy atom. The maximum atomic E-state index is 11.4. The molecule has 0 aromatic heterocycles. The van der Waals surface area contributed by atoms with Gasteiger partial charge in [-0.3, -0.25) is 9.59 Å². The summed E-state index contributed by atoms with van der Waals surface area (Å²) in [5, 5.41) is 2.77. The van der Waals surface area contributed by atoms with Crippen molar-refractivity contribution in [2.24, 2.45) is 0 Å². The molecule has 1 aromatic carbocycles. The highest BCUT2D eigenvalue weighted by Crippen LogP contribution is 2.27. The lowest BCUT2D eigenvalue weighted by molar-refractivity contribution is -0.117. The second-order valence-electron chi connectivity index (χ2n) is 5.48. The summed E-state index contributed by atoms with van der Waals surface area (Å²) in [6.45, 7) is 4.16. The molecule has 1 N–H and O–H groups in total. The van der Waals surface area contributed by atoms with Crippen molar-refractivity contribution in [1.29, 1.82) is 0 Å². The van der Waals surface area contributed by atoms with Crippen LogP contribution in [0.2, 0.25) is 0 Å². The molecule has 4 nitrogen and oxygen atoms in total. The third-order valence-electron chi connectivity index (χ3n) is 3.67. The highest BCUT2D eigenvalue weighted by atomic mass is 16.1. The van der Waals surface area contributed by atoms with Crippen LogP contribution in [-0.2, 0) is 9.59 Å². The maximum Gasteiger partial charge on any atom is 0.221 e. The second kappa shape index (κ2) is 6.55. The summed E-state index contributed by atoms with van der Waals surface area (Å²) in [4.78, 5) is 24.7. The van der Waals surface area contributed by atoms with Gasteiger partial charge in [0.25, 0.3) is 0 Å². The molecule has 0 saturated carbocycles. The van der Waals surface area contributed by atoms with Crippen LogP contribution in [0.4, 0.5) is 11.4 Å². The summed E-state index contributed by atoms with van der Waals surface area (Å²) in [6.07, 6.45) is 4.06. The molecule has 0 radical (unpaired) electrons. The molecule has 0 bridgehead atoms. The lowest BCUT2D eigenvalue weighted by atomic mass is 9.97. The van der Waals surface area contributed by atoms with E-state index >= 15 is 0 Å². The second-order valence-corrected chi connectivity index (χ2v) is 5.48. The Balaban J connectivity index is 2.11. The minimum absolute atomic E-state index is 0.0646. The molecular weight excluding hydrogens is 252 g/mol. The van der Waals surface area contributed by atoms with Crippen molar-refractivity contribution in [3.8, 4) is 0 Å². The van der Waals surface area contributed by atoms with Crippen LogP contribution < -0.4 is 10.2 Å². The first-order valence-electron chi connectivity index (χ1n) is 7.20. The Labute approximate surface area is 120 Å². The summed E-state index contributed by atoms with van der Waals surface area (Å²) in [5.41, 5.74) is 1.94. The standard InChI is InChI=1S/C16H22N2O2/c1-12(19)11-16-5-3-4-10-18(16)15-8-6-14(7-9-15)17-13(2)20/h6-9,16H,3-5,10-11H2,1-2H3,(H,17,20). The van der Waals surface area contributed by atoms with Gasteiger partial charge in [0.2, 0.25) is 5.91 Å². The fraction of sp³-hybridized carbons (Fsp3) is 0.500. The lowest BCUT2D eigenvalue weighted by Crippen LogP contribution is -2.40. The number of carbonyl (C=O) groups is 2. The summed E-state index contributed by atoms with van der Waals surface area (Å²) in [5.74, 6) is 0.182. The van der Waals surface area contributed by atoms with Gasteiger partial charge >= 0.3 is 0 Å². The summed E-state index contributed by atoms with van der Waals surface area (Å²) in [6, 6.07) is 8.17. The van der Waals surface area contributed by atoms with Gasteiger partial charge < -0.3 is 10.2 Å². The van der Waals surface area contributed by atoms with Gasteiger partial charge in [0.05, 0.1) is 0 Å². The van der Waals surface area contributed by atoms with E-state index in [4.69, 9.17) is 0 Å². The van der Waals surface area contributed by atoms with Gasteiger partial charge in [-0.05, 0) is 50.5 Å². The van der Waals surface area contributed by atoms with E-state index in [0.29, 0.717) is 12.5 Å². The molecule has 1 aliphatic rings. The minimum atomic E-state index is -0.0646. The average Bonchev–Trinajstić information content (AvgIpc) is 2.39. The summed E-state index contributed by atoms with van der Waals surface area (Å²) >= 11 is 0. The first-order chi connectivity index (χ1) is 9.56. The molecule has 108 valence electrons. The monoisotopic (exact) mass is 274 g/mol. The highest BCUT2D eigenvalue weighted by molar-refractivity contribution is 5.88. The largest absolute Gasteiger partial charge is 0.368 e. The van der Waals surface area contributed by atoms with E-state index in [9.17, 15) is 9.59 Å². The third kappa shape index (κ3) is 3.83. The first kappa shape index (κ1) is 14.6. The average molecular weight is 274 g/mol. The zero-order valence-corrected chi connectivity index (χ0v) is 12.2. The molecule has 1 atom stereocenters. The number of nitrogens with zero attached hydrogens (tertiary/aromatic N) is 1. The number of benzene rings is 1. The van der Waals surface area contributed by atoms with Gasteiger partial charge in [0.1, 0.15) is 5.78 Å². The van der Waals surface area contributed by atoms with Crippen molar-refractivity contribution >= 4 is 23.1 Å². The first-order valence-corrected chi connectivity index (χ1v) is 7.20. The Morgan fingerprint density at radius 2 is 1.90 bits per heavy atom. The number of piperidine rings is 1. The smallest absolute Gasteiger partial charge is 0.221 e. The van der Waals surface area contributed by atoms with E-state index in [0.717, 1.165) is 24.3 Å². The quantitative estimate of drug-likeness (QED) is 0.918. The van der Waals surface area contributed by atoms with Crippen LogP contribution in [0.25, 0.3) is 0 Å². The van der Waals surface area contributed by atoms with Gasteiger partial charge in [0, 0.05) is 37.3 Å². The zero-order chi connectivity index (χ0) is 14.5. The number of ketones is 1. The van der Waals surface area contributed by atoms with Gasteiger partial charge in [-0.1, -0.05) is 0 Å². The Morgan fingerprint density at radius 3 is 2.50 bits per heavy atom. The van der Waals surface area contributed by atoms with E-state index in [-0.39, 0.29) is 11.7 Å². The van der Waals surface area contributed by atoms with Crippen molar-refractivity contribution in [2.45, 2.75) is 45.6 Å². The van der Waals surface area contributed by atoms with Gasteiger partial charge in [-0.2, -0.15) is 0 Å². The third-order valence-corrected chi connectivity index (χ3v) is 3.67. The van der Waals surface area contributed by atoms with Crippen molar-refractivity contribution in [1.82, 2.24) is 0 Å². The Bertz CT molecular complexity index is 482. The topological polar surface area (TPSA) is 49.4 Å². The van der Waals surface area contributed by atoms with Crippen LogP contribution in [0.5, 0.6) is 0 Å². The van der Waals surface area contributed by atoms with E-state index < -0.39 is 0 Å². The molecule has 1 saturated heterocycles. The van der Waals surface area contributed by atoms with Crippen molar-refractivity contribution in [3.63, 3.8) is 0 Å². The van der Waals surface area contributed by atoms with E-state index in [1.165, 1.54) is 19.8 Å². The van der Waals surface area contributed by atoms with Gasteiger partial charge in [-0.15, -0.1) is 0 Å². The molecule has 1 heterocycles. The molecule has 1 unspecified atom stereocenters. The van der Waals surface area contributed by atoms with Crippen LogP contribution in [0.3, 0.4) is 0 Å². The van der Waals surface area contributed by atoms with Gasteiger partial charge in [0.15, 0.2) is 0 Å². The van der Waals surface area contributed by atoms with E-state index in [1.807, 2.05) is 24.3 Å². The van der Waals surface area contributed by atoms with Crippen LogP contribution >= 0.6 is 0 Å². The molecule has 1 amide bonds. The molecule has 2 rings (SSSR count). The number of hydrogen-bond acceptors (Lipinski definition) is 3. The SMILES string of the molecule is CC(=O)CC1CCCCN1c1ccc(NC(C)=O)cc1. The number of rotatable bonds is 4. The Kier molecular flexibility index (Phi) is 4.77. The van der Waals surface area contributed by atoms with Crippen molar-refractivity contribution < 1.29 is 9.59 Å². The van der Waals surface area contributed by atoms with Crippen molar-refractivity contribution in [3.05, 3.63) is 24.3 Å². The van der Waals surface area contributed by atoms with Crippen LogP contribution in [-0.4, -0.2) is 24.3 Å². The highest BCUT2D eigenvalue weighted by Gasteiger charge is 2.23. The number of Topliss-reactive ketones (excluding diaryl/α,β-unsaturated/α-hetero) is 1. The number of carbonyl (C=O) groups excluding carboxylic acids is 2. The molecule has 1 aromatic rings. The molecule has 1 aliphatic heterocycles.